The van der Waals surface area contributed by atoms with Gasteiger partial charge in [0.2, 0.25) is 0 Å². The number of carbonyl (C=O) groups excluding carboxylic acids is 1. The van der Waals surface area contributed by atoms with Gasteiger partial charge in [0.05, 0.1) is 13.5 Å². The van der Waals surface area contributed by atoms with E-state index < -0.39 is 0 Å². The van der Waals surface area contributed by atoms with Crippen LogP contribution in [0.5, 0.6) is 0 Å². The molecule has 0 bridgehead atoms. The molecule has 1 aliphatic heterocycles. The first-order chi connectivity index (χ1) is 5.76. The third-order valence-electron chi connectivity index (χ3n) is 2.29. The van der Waals surface area contributed by atoms with Crippen LogP contribution in [0.4, 0.5) is 0 Å². The van der Waals surface area contributed by atoms with E-state index in [0.29, 0.717) is 18.9 Å². The summed E-state index contributed by atoms with van der Waals surface area (Å²) in [7, 11) is 1.41. The summed E-state index contributed by atoms with van der Waals surface area (Å²) in [5.74, 6) is 0.379. The Balaban J connectivity index is 0. The van der Waals surface area contributed by atoms with Crippen LogP contribution < -0.4 is 11.1 Å². The maximum atomic E-state index is 10.9. The normalized spacial score (nSPS) is 24.7. The molecule has 1 rings (SSSR count). The first kappa shape index (κ1) is 16.4. The van der Waals surface area contributed by atoms with E-state index in [1.165, 1.54) is 7.11 Å². The van der Waals surface area contributed by atoms with Crippen LogP contribution in [0, 0.1) is 5.92 Å². The summed E-state index contributed by atoms with van der Waals surface area (Å²) in [6.45, 7) is 1.63. The van der Waals surface area contributed by atoms with E-state index in [-0.39, 0.29) is 36.8 Å². The minimum Gasteiger partial charge on any atom is -0.469 e. The van der Waals surface area contributed by atoms with Gasteiger partial charge in [0, 0.05) is 6.04 Å². The highest BCUT2D eigenvalue weighted by Gasteiger charge is 2.24. The number of methoxy groups -OCH3 is 1. The van der Waals surface area contributed by atoms with Gasteiger partial charge in [-0.3, -0.25) is 4.79 Å². The molecule has 6 heteroatoms. The molecule has 0 aromatic heterocycles. The second-order valence-corrected chi connectivity index (χ2v) is 3.22. The molecule has 0 spiro atoms. The number of halogens is 2. The van der Waals surface area contributed by atoms with E-state index in [9.17, 15) is 4.79 Å². The second kappa shape index (κ2) is 8.29. The predicted octanol–water partition coefficient (Wildman–Crippen LogP) is 0.330. The number of nitrogens with two attached hydrogens (primary N) is 1. The molecular weight excluding hydrogens is 227 g/mol. The van der Waals surface area contributed by atoms with E-state index in [2.05, 4.69) is 10.1 Å². The molecule has 0 amide bonds. The Morgan fingerprint density at radius 3 is 2.64 bits per heavy atom. The van der Waals surface area contributed by atoms with Crippen LogP contribution in [0.15, 0.2) is 0 Å². The van der Waals surface area contributed by atoms with Crippen LogP contribution in [0.2, 0.25) is 0 Å². The molecule has 0 saturated carbocycles. The van der Waals surface area contributed by atoms with Crippen LogP contribution in [-0.2, 0) is 9.53 Å². The molecule has 86 valence electrons. The molecule has 3 N–H and O–H groups in total. The quantitative estimate of drug-likeness (QED) is 0.703. The van der Waals surface area contributed by atoms with E-state index in [0.717, 1.165) is 13.0 Å². The molecule has 2 unspecified atom stereocenters. The van der Waals surface area contributed by atoms with Crippen molar-refractivity contribution in [2.24, 2.45) is 11.7 Å². The summed E-state index contributed by atoms with van der Waals surface area (Å²) in [5, 5.41) is 3.24. The van der Waals surface area contributed by atoms with Gasteiger partial charge in [-0.05, 0) is 25.4 Å². The first-order valence-electron chi connectivity index (χ1n) is 4.26. The van der Waals surface area contributed by atoms with E-state index >= 15 is 0 Å². The lowest BCUT2D eigenvalue weighted by atomic mass is 10.0. The Hall–Kier alpha value is -0.0300. The molecule has 0 aromatic rings. The van der Waals surface area contributed by atoms with Crippen molar-refractivity contribution in [1.29, 1.82) is 0 Å². The van der Waals surface area contributed by atoms with Gasteiger partial charge in [-0.2, -0.15) is 0 Å². The third kappa shape index (κ3) is 5.00. The zero-order valence-electron chi connectivity index (χ0n) is 8.19. The number of rotatable bonds is 3. The number of hydrogen-bond acceptors (Lipinski definition) is 4. The van der Waals surface area contributed by atoms with Crippen LogP contribution >= 0.6 is 24.8 Å². The number of carbonyl (C=O) groups is 1. The van der Waals surface area contributed by atoms with Crippen molar-refractivity contribution in [3.05, 3.63) is 0 Å². The minimum absolute atomic E-state index is 0. The summed E-state index contributed by atoms with van der Waals surface area (Å²) >= 11 is 0. The van der Waals surface area contributed by atoms with Crippen LogP contribution in [0.1, 0.15) is 12.8 Å². The van der Waals surface area contributed by atoms with Crippen molar-refractivity contribution in [3.63, 3.8) is 0 Å². The van der Waals surface area contributed by atoms with Crippen molar-refractivity contribution in [3.8, 4) is 0 Å². The molecule has 1 saturated heterocycles. The van der Waals surface area contributed by atoms with Gasteiger partial charge in [0.1, 0.15) is 0 Å². The van der Waals surface area contributed by atoms with Crippen LogP contribution in [0.25, 0.3) is 0 Å². The molecule has 0 aromatic carbocycles. The predicted molar refractivity (Wildman–Crippen MR) is 60.1 cm³/mol. The summed E-state index contributed by atoms with van der Waals surface area (Å²) in [6, 6.07) is 0.269. The molecule has 0 aliphatic carbocycles. The van der Waals surface area contributed by atoms with Crippen molar-refractivity contribution in [1.82, 2.24) is 5.32 Å². The molecule has 4 nitrogen and oxygen atoms in total. The topological polar surface area (TPSA) is 64.3 Å². The summed E-state index contributed by atoms with van der Waals surface area (Å²) in [5.41, 5.74) is 5.50. The molecule has 1 aliphatic rings. The number of nitrogens with one attached hydrogen (secondary N) is 1. The van der Waals surface area contributed by atoms with Crippen LogP contribution in [0.3, 0.4) is 0 Å². The average molecular weight is 245 g/mol. The van der Waals surface area contributed by atoms with Crippen molar-refractivity contribution >= 4 is 30.8 Å². The Bertz CT molecular complexity index is 169. The molecular formula is C8H18Cl2N2O2. The lowest BCUT2D eigenvalue weighted by molar-refractivity contribution is -0.141. The molecule has 0 radical (unpaired) electrons. The van der Waals surface area contributed by atoms with Gasteiger partial charge in [-0.25, -0.2) is 0 Å². The van der Waals surface area contributed by atoms with Crippen molar-refractivity contribution in [2.45, 2.75) is 18.9 Å². The van der Waals surface area contributed by atoms with Crippen LogP contribution in [-0.4, -0.2) is 32.2 Å². The Morgan fingerprint density at radius 1 is 1.57 bits per heavy atom. The maximum absolute atomic E-state index is 10.9. The Labute approximate surface area is 96.8 Å². The van der Waals surface area contributed by atoms with Gasteiger partial charge in [0.25, 0.3) is 0 Å². The standard InChI is InChI=1S/C8H16N2O2.2ClH/c1-12-8(11)3-7-2-6(4-9)5-10-7;;/h6-7,10H,2-5,9H2,1H3;2*1H. The van der Waals surface area contributed by atoms with Gasteiger partial charge in [-0.15, -0.1) is 24.8 Å². The fourth-order valence-electron chi connectivity index (χ4n) is 1.52. The minimum atomic E-state index is -0.148. The first-order valence-corrected chi connectivity index (χ1v) is 4.26. The number of hydrogen-bond donors (Lipinski definition) is 2. The largest absolute Gasteiger partial charge is 0.469 e. The van der Waals surface area contributed by atoms with Gasteiger partial charge in [-0.1, -0.05) is 0 Å². The Morgan fingerprint density at radius 2 is 2.21 bits per heavy atom. The van der Waals surface area contributed by atoms with Gasteiger partial charge >= 0.3 is 5.97 Å². The van der Waals surface area contributed by atoms with Gasteiger partial charge in [0.15, 0.2) is 0 Å². The number of ether oxygens (including phenoxy) is 1. The lowest BCUT2D eigenvalue weighted by Crippen LogP contribution is -2.25. The van der Waals surface area contributed by atoms with E-state index in [1.54, 1.807) is 0 Å². The highest BCUT2D eigenvalue weighted by atomic mass is 35.5. The third-order valence-corrected chi connectivity index (χ3v) is 2.29. The summed E-state index contributed by atoms with van der Waals surface area (Å²) in [4.78, 5) is 10.9. The monoisotopic (exact) mass is 244 g/mol. The SMILES string of the molecule is COC(=O)CC1CC(CN)CN1.Cl.Cl. The molecule has 2 atom stereocenters. The highest BCUT2D eigenvalue weighted by molar-refractivity contribution is 5.85. The zero-order chi connectivity index (χ0) is 8.97. The van der Waals surface area contributed by atoms with Crippen molar-refractivity contribution in [2.75, 3.05) is 20.2 Å². The van der Waals surface area contributed by atoms with E-state index in [4.69, 9.17) is 5.73 Å². The molecule has 1 heterocycles. The lowest BCUT2D eigenvalue weighted by Gasteiger charge is -2.07. The second-order valence-electron chi connectivity index (χ2n) is 3.22. The summed E-state index contributed by atoms with van der Waals surface area (Å²) in [6.07, 6.45) is 1.46. The smallest absolute Gasteiger partial charge is 0.307 e. The average Bonchev–Trinajstić information content (AvgIpc) is 2.52. The van der Waals surface area contributed by atoms with Crippen molar-refractivity contribution < 1.29 is 9.53 Å². The zero-order valence-corrected chi connectivity index (χ0v) is 9.83. The van der Waals surface area contributed by atoms with Gasteiger partial charge < -0.3 is 15.8 Å². The fraction of sp³-hybridized carbons (Fsp3) is 0.875. The highest BCUT2D eigenvalue weighted by Crippen LogP contribution is 2.15. The number of esters is 1. The maximum Gasteiger partial charge on any atom is 0.307 e. The molecule has 14 heavy (non-hydrogen) atoms. The van der Waals surface area contributed by atoms with E-state index in [1.807, 2.05) is 0 Å². The Kier molecular flexibility index (Phi) is 9.72. The fourth-order valence-corrected chi connectivity index (χ4v) is 1.52. The molecule has 1 fully saturated rings. The summed E-state index contributed by atoms with van der Waals surface area (Å²) < 4.78 is 4.57.